The summed E-state index contributed by atoms with van der Waals surface area (Å²) in [5.74, 6) is -0.733. The molecule has 0 aliphatic rings. The van der Waals surface area contributed by atoms with Crippen LogP contribution in [-0.4, -0.2) is 27.8 Å². The van der Waals surface area contributed by atoms with Crippen molar-refractivity contribution in [2.75, 3.05) is 7.05 Å². The standard InChI is InChI=1S/C13H12F3N3OS/c1-8-7-21-10(18-8)6-19(2)12(20)9-4-3-5-17-11(9)13(14,15)16/h3-5,7H,6H2,1-2H3. The Balaban J connectivity index is 2.24. The second-order valence-electron chi connectivity index (χ2n) is 4.44. The van der Waals surface area contributed by atoms with Gasteiger partial charge in [-0.25, -0.2) is 4.98 Å². The van der Waals surface area contributed by atoms with Gasteiger partial charge in [0.25, 0.3) is 5.91 Å². The predicted octanol–water partition coefficient (Wildman–Crippen LogP) is 3.14. The number of aromatic nitrogens is 2. The molecule has 2 rings (SSSR count). The smallest absolute Gasteiger partial charge is 0.335 e. The van der Waals surface area contributed by atoms with E-state index in [2.05, 4.69) is 9.97 Å². The van der Waals surface area contributed by atoms with Crippen molar-refractivity contribution in [2.24, 2.45) is 0 Å². The zero-order chi connectivity index (χ0) is 15.6. The number of amides is 1. The van der Waals surface area contributed by atoms with Crippen LogP contribution in [-0.2, 0) is 12.7 Å². The molecule has 0 aromatic carbocycles. The van der Waals surface area contributed by atoms with Crippen molar-refractivity contribution >= 4 is 17.2 Å². The lowest BCUT2D eigenvalue weighted by atomic mass is 10.1. The van der Waals surface area contributed by atoms with Crippen molar-refractivity contribution in [1.82, 2.24) is 14.9 Å². The molecule has 2 heterocycles. The third-order valence-electron chi connectivity index (χ3n) is 2.69. The van der Waals surface area contributed by atoms with Gasteiger partial charge in [0.05, 0.1) is 12.1 Å². The molecule has 0 saturated heterocycles. The number of hydrogen-bond donors (Lipinski definition) is 0. The molecule has 0 saturated carbocycles. The number of carbonyl (C=O) groups excluding carboxylic acids is 1. The van der Waals surface area contributed by atoms with Crippen molar-refractivity contribution in [3.63, 3.8) is 0 Å². The molecule has 0 N–H and O–H groups in total. The first-order valence-electron chi connectivity index (χ1n) is 5.97. The van der Waals surface area contributed by atoms with Gasteiger partial charge in [-0.1, -0.05) is 0 Å². The zero-order valence-corrected chi connectivity index (χ0v) is 12.1. The Hall–Kier alpha value is -1.96. The fourth-order valence-corrected chi connectivity index (χ4v) is 2.58. The van der Waals surface area contributed by atoms with Gasteiger partial charge in [0.15, 0.2) is 5.69 Å². The number of rotatable bonds is 3. The van der Waals surface area contributed by atoms with Crippen molar-refractivity contribution in [1.29, 1.82) is 0 Å². The van der Waals surface area contributed by atoms with E-state index in [1.165, 1.54) is 29.4 Å². The van der Waals surface area contributed by atoms with Crippen LogP contribution in [0.15, 0.2) is 23.7 Å². The number of hydrogen-bond acceptors (Lipinski definition) is 4. The van der Waals surface area contributed by atoms with E-state index in [0.717, 1.165) is 18.0 Å². The number of pyridine rings is 1. The second kappa shape index (κ2) is 5.80. The molecular formula is C13H12F3N3OS. The molecule has 4 nitrogen and oxygen atoms in total. The maximum atomic E-state index is 12.9. The molecule has 0 bridgehead atoms. The van der Waals surface area contributed by atoms with E-state index >= 15 is 0 Å². The van der Waals surface area contributed by atoms with Gasteiger partial charge < -0.3 is 4.90 Å². The van der Waals surface area contributed by atoms with Crippen LogP contribution in [0.25, 0.3) is 0 Å². The molecule has 0 aliphatic heterocycles. The van der Waals surface area contributed by atoms with E-state index < -0.39 is 23.3 Å². The third kappa shape index (κ3) is 3.57. The van der Waals surface area contributed by atoms with Crippen LogP contribution in [0.1, 0.15) is 26.8 Å². The Labute approximate surface area is 123 Å². The first kappa shape index (κ1) is 15.4. The van der Waals surface area contributed by atoms with E-state index in [9.17, 15) is 18.0 Å². The fraction of sp³-hybridized carbons (Fsp3) is 0.308. The Morgan fingerprint density at radius 3 is 2.71 bits per heavy atom. The van der Waals surface area contributed by atoms with E-state index in [4.69, 9.17) is 0 Å². The summed E-state index contributed by atoms with van der Waals surface area (Å²) in [5.41, 5.74) is -0.814. The van der Waals surface area contributed by atoms with Crippen LogP contribution in [0.4, 0.5) is 13.2 Å². The molecule has 0 spiro atoms. The lowest BCUT2D eigenvalue weighted by molar-refractivity contribution is -0.141. The molecule has 8 heteroatoms. The minimum atomic E-state index is -4.66. The summed E-state index contributed by atoms with van der Waals surface area (Å²) in [4.78, 5) is 20.8. The van der Waals surface area contributed by atoms with Crippen molar-refractivity contribution in [3.05, 3.63) is 45.7 Å². The van der Waals surface area contributed by atoms with E-state index in [1.54, 1.807) is 0 Å². The maximum absolute atomic E-state index is 12.9. The van der Waals surface area contributed by atoms with E-state index in [0.29, 0.717) is 5.01 Å². The molecule has 0 fully saturated rings. The van der Waals surface area contributed by atoms with Gasteiger partial charge in [-0.2, -0.15) is 13.2 Å². The third-order valence-corrected chi connectivity index (χ3v) is 3.64. The molecule has 0 radical (unpaired) electrons. The molecule has 2 aromatic heterocycles. The normalized spacial score (nSPS) is 11.5. The maximum Gasteiger partial charge on any atom is 0.434 e. The van der Waals surface area contributed by atoms with E-state index in [-0.39, 0.29) is 6.54 Å². The van der Waals surface area contributed by atoms with Gasteiger partial charge in [0, 0.05) is 24.3 Å². The summed E-state index contributed by atoms with van der Waals surface area (Å²) in [6, 6.07) is 2.44. The first-order chi connectivity index (χ1) is 9.79. The minimum absolute atomic E-state index is 0.156. The Bertz CT molecular complexity index is 654. The van der Waals surface area contributed by atoms with Gasteiger partial charge in [0.2, 0.25) is 0 Å². The highest BCUT2D eigenvalue weighted by Crippen LogP contribution is 2.30. The minimum Gasteiger partial charge on any atom is -0.335 e. The molecule has 112 valence electrons. The lowest BCUT2D eigenvalue weighted by Crippen LogP contribution is -2.29. The van der Waals surface area contributed by atoms with Gasteiger partial charge in [-0.15, -0.1) is 11.3 Å². The average Bonchev–Trinajstić information content (AvgIpc) is 2.82. The van der Waals surface area contributed by atoms with Crippen molar-refractivity contribution in [3.8, 4) is 0 Å². The number of thiazole rings is 1. The number of nitrogens with zero attached hydrogens (tertiary/aromatic N) is 3. The molecule has 0 atom stereocenters. The quantitative estimate of drug-likeness (QED) is 0.874. The molecule has 21 heavy (non-hydrogen) atoms. The van der Waals surface area contributed by atoms with Crippen molar-refractivity contribution < 1.29 is 18.0 Å². The topological polar surface area (TPSA) is 46.1 Å². The molecule has 2 aromatic rings. The van der Waals surface area contributed by atoms with Crippen LogP contribution in [0.5, 0.6) is 0 Å². The lowest BCUT2D eigenvalue weighted by Gasteiger charge is -2.18. The largest absolute Gasteiger partial charge is 0.434 e. The van der Waals surface area contributed by atoms with Gasteiger partial charge in [-0.3, -0.25) is 9.78 Å². The van der Waals surface area contributed by atoms with Gasteiger partial charge in [0.1, 0.15) is 5.01 Å². The highest BCUT2D eigenvalue weighted by atomic mass is 32.1. The summed E-state index contributed by atoms with van der Waals surface area (Å²) in [7, 11) is 1.44. The Kier molecular flexibility index (Phi) is 4.26. The number of carbonyl (C=O) groups is 1. The second-order valence-corrected chi connectivity index (χ2v) is 5.38. The molecule has 0 unspecified atom stereocenters. The van der Waals surface area contributed by atoms with E-state index in [1.807, 2.05) is 12.3 Å². The Morgan fingerprint density at radius 2 is 2.14 bits per heavy atom. The fourth-order valence-electron chi connectivity index (χ4n) is 1.76. The summed E-state index contributed by atoms with van der Waals surface area (Å²) >= 11 is 1.36. The summed E-state index contributed by atoms with van der Waals surface area (Å²) in [6.45, 7) is 1.97. The first-order valence-corrected chi connectivity index (χ1v) is 6.85. The van der Waals surface area contributed by atoms with Crippen LogP contribution >= 0.6 is 11.3 Å². The average molecular weight is 315 g/mol. The van der Waals surface area contributed by atoms with Crippen molar-refractivity contribution in [2.45, 2.75) is 19.6 Å². The Morgan fingerprint density at radius 1 is 1.43 bits per heavy atom. The van der Waals surface area contributed by atoms with Gasteiger partial charge in [-0.05, 0) is 19.1 Å². The summed E-state index contributed by atoms with van der Waals surface area (Å²) < 4.78 is 38.6. The summed E-state index contributed by atoms with van der Waals surface area (Å²) in [5, 5.41) is 2.49. The monoisotopic (exact) mass is 315 g/mol. The highest BCUT2D eigenvalue weighted by molar-refractivity contribution is 7.09. The van der Waals surface area contributed by atoms with Crippen LogP contribution in [0, 0.1) is 6.92 Å². The molecular weight excluding hydrogens is 303 g/mol. The SMILES string of the molecule is Cc1csc(CN(C)C(=O)c2cccnc2C(F)(F)F)n1. The van der Waals surface area contributed by atoms with Gasteiger partial charge >= 0.3 is 6.18 Å². The number of aryl methyl sites for hydroxylation is 1. The zero-order valence-electron chi connectivity index (χ0n) is 11.3. The van der Waals surface area contributed by atoms with Crippen LogP contribution < -0.4 is 0 Å². The molecule has 1 amide bonds. The number of alkyl halides is 3. The number of halogens is 3. The molecule has 0 aliphatic carbocycles. The highest BCUT2D eigenvalue weighted by Gasteiger charge is 2.37. The van der Waals surface area contributed by atoms with Crippen LogP contribution in [0.2, 0.25) is 0 Å². The summed E-state index contributed by atoms with van der Waals surface area (Å²) in [6.07, 6.45) is -3.64. The van der Waals surface area contributed by atoms with Crippen LogP contribution in [0.3, 0.4) is 0 Å². The predicted molar refractivity (Wildman–Crippen MR) is 71.9 cm³/mol.